The normalized spacial score (nSPS) is 10.8. The van der Waals surface area contributed by atoms with Gasteiger partial charge in [-0.3, -0.25) is 9.79 Å². The average Bonchev–Trinajstić information content (AvgIpc) is 2.67. The summed E-state index contributed by atoms with van der Waals surface area (Å²) in [5.74, 6) is 0.768. The van der Waals surface area contributed by atoms with Gasteiger partial charge in [0.25, 0.3) is 5.91 Å². The van der Waals surface area contributed by atoms with Crippen molar-refractivity contribution in [3.05, 3.63) is 70.2 Å². The molecule has 2 aromatic rings. The molecule has 0 unspecified atom stereocenters. The zero-order valence-corrected chi connectivity index (χ0v) is 19.6. The van der Waals surface area contributed by atoms with E-state index in [1.165, 1.54) is 0 Å². The summed E-state index contributed by atoms with van der Waals surface area (Å²) in [7, 11) is 5.27. The Bertz CT molecular complexity index is 795. The van der Waals surface area contributed by atoms with Crippen molar-refractivity contribution in [3.8, 4) is 0 Å². The highest BCUT2D eigenvalue weighted by atomic mass is 127. The van der Waals surface area contributed by atoms with Crippen molar-refractivity contribution >= 4 is 47.4 Å². The van der Waals surface area contributed by atoms with E-state index in [1.54, 1.807) is 26.0 Å². The molecule has 2 rings (SSSR count). The lowest BCUT2D eigenvalue weighted by Crippen LogP contribution is -2.39. The van der Waals surface area contributed by atoms with E-state index < -0.39 is 0 Å². The fourth-order valence-corrected chi connectivity index (χ4v) is 2.91. The van der Waals surface area contributed by atoms with Crippen molar-refractivity contribution < 1.29 is 4.79 Å². The minimum atomic E-state index is 0. The minimum Gasteiger partial charge on any atom is -0.356 e. The molecule has 0 aliphatic heterocycles. The molecular weight excluding hydrogens is 487 g/mol. The molecule has 0 aliphatic carbocycles. The number of nitrogens with one attached hydrogen (secondary N) is 2. The van der Waals surface area contributed by atoms with E-state index in [0.29, 0.717) is 5.56 Å². The number of hydrogen-bond acceptors (Lipinski definition) is 2. The number of aliphatic imine (C=N–C) groups is 1. The van der Waals surface area contributed by atoms with Gasteiger partial charge in [-0.1, -0.05) is 41.9 Å². The van der Waals surface area contributed by atoms with E-state index in [2.05, 4.69) is 15.6 Å². The number of benzene rings is 2. The van der Waals surface area contributed by atoms with Crippen LogP contribution in [0.1, 0.15) is 21.5 Å². The molecule has 0 aliphatic rings. The summed E-state index contributed by atoms with van der Waals surface area (Å²) < 4.78 is 0. The lowest BCUT2D eigenvalue weighted by Gasteiger charge is -2.13. The Balaban J connectivity index is 0.00000392. The second kappa shape index (κ2) is 12.6. The van der Waals surface area contributed by atoms with Crippen LogP contribution in [0, 0.1) is 0 Å². The van der Waals surface area contributed by atoms with Crippen LogP contribution >= 0.6 is 35.6 Å². The number of nitrogens with zero attached hydrogens (tertiary/aromatic N) is 2. The van der Waals surface area contributed by atoms with Gasteiger partial charge in [-0.05, 0) is 42.2 Å². The molecule has 0 atom stereocenters. The van der Waals surface area contributed by atoms with E-state index >= 15 is 0 Å². The monoisotopic (exact) mass is 514 g/mol. The van der Waals surface area contributed by atoms with Crippen LogP contribution in [0.15, 0.2) is 53.5 Å². The van der Waals surface area contributed by atoms with Gasteiger partial charge >= 0.3 is 0 Å². The lowest BCUT2D eigenvalue weighted by molar-refractivity contribution is 0.0827. The van der Waals surface area contributed by atoms with Gasteiger partial charge in [-0.2, -0.15) is 0 Å². The van der Waals surface area contributed by atoms with Gasteiger partial charge in [-0.15, -0.1) is 24.0 Å². The Morgan fingerprint density at radius 2 is 1.71 bits per heavy atom. The second-order valence-electron chi connectivity index (χ2n) is 6.42. The van der Waals surface area contributed by atoms with Crippen LogP contribution in [-0.4, -0.2) is 51.0 Å². The highest BCUT2D eigenvalue weighted by Gasteiger charge is 2.08. The standard InChI is InChI=1S/C21H27ClN4O.HI/c1-23-21(25-14-12-17-8-4-5-10-19(17)22)24-13-11-16-7-6-9-18(15-16)20(27)26(2)3;/h4-10,15H,11-14H2,1-3H3,(H2,23,24,25);1H. The van der Waals surface area contributed by atoms with Gasteiger partial charge in [0.1, 0.15) is 0 Å². The summed E-state index contributed by atoms with van der Waals surface area (Å²) in [6.07, 6.45) is 1.63. The highest BCUT2D eigenvalue weighted by Crippen LogP contribution is 2.14. The Morgan fingerprint density at radius 1 is 1.04 bits per heavy atom. The van der Waals surface area contributed by atoms with Crippen LogP contribution in [0.5, 0.6) is 0 Å². The zero-order valence-electron chi connectivity index (χ0n) is 16.5. The average molecular weight is 515 g/mol. The smallest absolute Gasteiger partial charge is 0.253 e. The molecule has 28 heavy (non-hydrogen) atoms. The molecule has 152 valence electrons. The van der Waals surface area contributed by atoms with E-state index in [4.69, 9.17) is 11.6 Å². The molecule has 2 N–H and O–H groups in total. The summed E-state index contributed by atoms with van der Waals surface area (Å²) in [6, 6.07) is 15.6. The molecule has 0 saturated carbocycles. The van der Waals surface area contributed by atoms with Gasteiger partial charge < -0.3 is 15.5 Å². The summed E-state index contributed by atoms with van der Waals surface area (Å²) in [4.78, 5) is 17.9. The lowest BCUT2D eigenvalue weighted by atomic mass is 10.1. The van der Waals surface area contributed by atoms with Crippen LogP contribution in [0.4, 0.5) is 0 Å². The fraction of sp³-hybridized carbons (Fsp3) is 0.333. The van der Waals surface area contributed by atoms with Gasteiger partial charge in [0, 0.05) is 44.8 Å². The highest BCUT2D eigenvalue weighted by molar-refractivity contribution is 14.0. The first-order chi connectivity index (χ1) is 13.0. The first-order valence-electron chi connectivity index (χ1n) is 8.99. The molecule has 5 nitrogen and oxygen atoms in total. The number of guanidine groups is 1. The summed E-state index contributed by atoms with van der Waals surface area (Å²) in [5, 5.41) is 7.38. The van der Waals surface area contributed by atoms with Gasteiger partial charge in [0.05, 0.1) is 0 Å². The van der Waals surface area contributed by atoms with Crippen molar-refractivity contribution in [1.82, 2.24) is 15.5 Å². The van der Waals surface area contributed by atoms with Gasteiger partial charge in [-0.25, -0.2) is 0 Å². The number of amides is 1. The van der Waals surface area contributed by atoms with Crippen LogP contribution in [-0.2, 0) is 12.8 Å². The van der Waals surface area contributed by atoms with E-state index in [-0.39, 0.29) is 29.9 Å². The molecule has 0 bridgehead atoms. The second-order valence-corrected chi connectivity index (χ2v) is 6.82. The predicted octanol–water partition coefficient (Wildman–Crippen LogP) is 3.61. The van der Waals surface area contributed by atoms with E-state index in [1.807, 2.05) is 48.5 Å². The van der Waals surface area contributed by atoms with E-state index in [9.17, 15) is 4.79 Å². The van der Waals surface area contributed by atoms with Crippen molar-refractivity contribution in [1.29, 1.82) is 0 Å². The number of hydrogen-bond donors (Lipinski definition) is 2. The van der Waals surface area contributed by atoms with Crippen molar-refractivity contribution in [3.63, 3.8) is 0 Å². The van der Waals surface area contributed by atoms with Crippen LogP contribution < -0.4 is 10.6 Å². The fourth-order valence-electron chi connectivity index (χ4n) is 2.68. The molecule has 1 amide bonds. The maximum Gasteiger partial charge on any atom is 0.253 e. The molecule has 0 radical (unpaired) electrons. The maximum atomic E-state index is 12.1. The van der Waals surface area contributed by atoms with Crippen LogP contribution in [0.25, 0.3) is 0 Å². The molecule has 7 heteroatoms. The molecule has 0 saturated heterocycles. The molecule has 0 fully saturated rings. The maximum absolute atomic E-state index is 12.1. The van der Waals surface area contributed by atoms with Crippen LogP contribution in [0.3, 0.4) is 0 Å². The summed E-state index contributed by atoms with van der Waals surface area (Å²) >= 11 is 6.18. The number of halogens is 2. The number of carbonyl (C=O) groups is 1. The number of carbonyl (C=O) groups excluding carboxylic acids is 1. The Labute approximate surface area is 189 Å². The molecule has 0 spiro atoms. The largest absolute Gasteiger partial charge is 0.356 e. The SMILES string of the molecule is CN=C(NCCc1cccc(C(=O)N(C)C)c1)NCCc1ccccc1Cl.I. The van der Waals surface area contributed by atoms with Crippen molar-refractivity contribution in [2.75, 3.05) is 34.2 Å². The quantitative estimate of drug-likeness (QED) is 0.337. The minimum absolute atomic E-state index is 0. The molecule has 2 aromatic carbocycles. The van der Waals surface area contributed by atoms with Crippen molar-refractivity contribution in [2.45, 2.75) is 12.8 Å². The first kappa shape index (κ1) is 24.2. The Morgan fingerprint density at radius 3 is 2.36 bits per heavy atom. The molecule has 0 aromatic heterocycles. The number of rotatable bonds is 7. The zero-order chi connectivity index (χ0) is 19.6. The van der Waals surface area contributed by atoms with Gasteiger partial charge in [0.15, 0.2) is 5.96 Å². The summed E-state index contributed by atoms with van der Waals surface area (Å²) in [6.45, 7) is 1.47. The third-order valence-electron chi connectivity index (χ3n) is 4.15. The van der Waals surface area contributed by atoms with Crippen LogP contribution in [0.2, 0.25) is 5.02 Å². The molecular formula is C21H28ClIN4O. The Kier molecular flexibility index (Phi) is 10.9. The first-order valence-corrected chi connectivity index (χ1v) is 9.37. The summed E-state index contributed by atoms with van der Waals surface area (Å²) in [5.41, 5.74) is 2.94. The third-order valence-corrected chi connectivity index (χ3v) is 4.52. The topological polar surface area (TPSA) is 56.7 Å². The van der Waals surface area contributed by atoms with E-state index in [0.717, 1.165) is 48.0 Å². The molecule has 0 heterocycles. The van der Waals surface area contributed by atoms with Crippen molar-refractivity contribution in [2.24, 2.45) is 4.99 Å². The third kappa shape index (κ3) is 7.67. The predicted molar refractivity (Wildman–Crippen MR) is 128 cm³/mol. The van der Waals surface area contributed by atoms with Gasteiger partial charge in [0.2, 0.25) is 0 Å². The Hall–Kier alpha value is -1.80.